The highest BCUT2D eigenvalue weighted by molar-refractivity contribution is 6.31. The maximum absolute atomic E-state index is 12.0. The first-order valence-corrected chi connectivity index (χ1v) is 6.21. The zero-order chi connectivity index (χ0) is 14.5. The van der Waals surface area contributed by atoms with Crippen LogP contribution in [-0.4, -0.2) is 10.8 Å². The highest BCUT2D eigenvalue weighted by Gasteiger charge is 2.13. The van der Waals surface area contributed by atoms with Crippen molar-refractivity contribution < 1.29 is 9.72 Å². The molecule has 0 aliphatic heterocycles. The van der Waals surface area contributed by atoms with Crippen LogP contribution in [0.2, 0.25) is 5.02 Å². The second-order valence-corrected chi connectivity index (χ2v) is 4.56. The molecule has 102 valence electrons. The molecule has 0 aliphatic carbocycles. The van der Waals surface area contributed by atoms with E-state index in [-0.39, 0.29) is 16.3 Å². The Kier molecular flexibility index (Phi) is 4.32. The summed E-state index contributed by atoms with van der Waals surface area (Å²) in [5.74, 6) is -0.403. The summed E-state index contributed by atoms with van der Waals surface area (Å²) in [6.45, 7) is 0.347. The first-order valence-electron chi connectivity index (χ1n) is 5.83. The van der Waals surface area contributed by atoms with Gasteiger partial charge in [0.25, 0.3) is 11.6 Å². The molecule has 0 atom stereocenters. The van der Waals surface area contributed by atoms with Gasteiger partial charge in [0.05, 0.1) is 4.92 Å². The number of rotatable bonds is 4. The molecule has 0 aliphatic rings. The van der Waals surface area contributed by atoms with Gasteiger partial charge in [0, 0.05) is 29.3 Å². The molecule has 0 saturated carbocycles. The van der Waals surface area contributed by atoms with E-state index in [4.69, 9.17) is 11.6 Å². The topological polar surface area (TPSA) is 72.2 Å². The van der Waals surface area contributed by atoms with Crippen molar-refractivity contribution in [2.45, 2.75) is 6.54 Å². The Hall–Kier alpha value is -2.40. The van der Waals surface area contributed by atoms with Gasteiger partial charge in [-0.3, -0.25) is 14.9 Å². The van der Waals surface area contributed by atoms with E-state index in [0.29, 0.717) is 6.54 Å². The van der Waals surface area contributed by atoms with Crippen LogP contribution in [0.5, 0.6) is 0 Å². The molecule has 2 rings (SSSR count). The van der Waals surface area contributed by atoms with Gasteiger partial charge < -0.3 is 5.32 Å². The number of halogens is 1. The van der Waals surface area contributed by atoms with Crippen LogP contribution in [0, 0.1) is 10.1 Å². The molecule has 6 heteroatoms. The molecule has 1 amide bonds. The minimum Gasteiger partial charge on any atom is -0.348 e. The van der Waals surface area contributed by atoms with Crippen LogP contribution in [0.1, 0.15) is 15.9 Å². The number of hydrogen-bond acceptors (Lipinski definition) is 3. The zero-order valence-corrected chi connectivity index (χ0v) is 11.1. The van der Waals surface area contributed by atoms with Gasteiger partial charge in [-0.05, 0) is 11.6 Å². The predicted octanol–water partition coefficient (Wildman–Crippen LogP) is 3.18. The monoisotopic (exact) mass is 290 g/mol. The standard InChI is InChI=1S/C14H11ClN2O3/c15-12-6-11(7-13(8-12)17(19)20)14(18)16-9-10-4-2-1-3-5-10/h1-8H,9H2,(H,16,18). The largest absolute Gasteiger partial charge is 0.348 e. The molecule has 0 heterocycles. The van der Waals surface area contributed by atoms with Crippen LogP contribution in [0.15, 0.2) is 48.5 Å². The van der Waals surface area contributed by atoms with Crippen LogP contribution in [0.3, 0.4) is 0 Å². The number of nitro groups is 1. The van der Waals surface area contributed by atoms with Crippen molar-refractivity contribution >= 4 is 23.2 Å². The highest BCUT2D eigenvalue weighted by Crippen LogP contribution is 2.20. The van der Waals surface area contributed by atoms with Gasteiger partial charge >= 0.3 is 0 Å². The number of non-ortho nitro benzene ring substituents is 1. The van der Waals surface area contributed by atoms with Crippen LogP contribution in [-0.2, 0) is 6.54 Å². The lowest BCUT2D eigenvalue weighted by Crippen LogP contribution is -2.22. The number of nitrogens with one attached hydrogen (secondary N) is 1. The Labute approximate surface area is 120 Å². The van der Waals surface area contributed by atoms with Gasteiger partial charge in [0.2, 0.25) is 0 Å². The number of carbonyl (C=O) groups excluding carboxylic acids is 1. The molecule has 1 N–H and O–H groups in total. The normalized spacial score (nSPS) is 10.1. The number of hydrogen-bond donors (Lipinski definition) is 1. The summed E-state index contributed by atoms with van der Waals surface area (Å²) >= 11 is 5.77. The lowest BCUT2D eigenvalue weighted by molar-refractivity contribution is -0.384. The molecule has 0 saturated heterocycles. The first kappa shape index (κ1) is 14.0. The second kappa shape index (κ2) is 6.16. The fourth-order valence-corrected chi connectivity index (χ4v) is 1.92. The Morgan fingerprint density at radius 1 is 1.20 bits per heavy atom. The molecule has 0 bridgehead atoms. The van der Waals surface area contributed by atoms with Crippen molar-refractivity contribution in [3.05, 3.63) is 74.8 Å². The van der Waals surface area contributed by atoms with Crippen LogP contribution < -0.4 is 5.32 Å². The summed E-state index contributed by atoms with van der Waals surface area (Å²) in [5, 5.41) is 13.6. The van der Waals surface area contributed by atoms with E-state index in [2.05, 4.69) is 5.32 Å². The molecule has 0 radical (unpaired) electrons. The van der Waals surface area contributed by atoms with E-state index < -0.39 is 10.8 Å². The number of carbonyl (C=O) groups is 1. The molecule has 20 heavy (non-hydrogen) atoms. The minimum absolute atomic E-state index is 0.157. The van der Waals surface area contributed by atoms with Crippen LogP contribution in [0.4, 0.5) is 5.69 Å². The number of benzene rings is 2. The average molecular weight is 291 g/mol. The molecule has 0 fully saturated rings. The number of nitrogens with zero attached hydrogens (tertiary/aromatic N) is 1. The van der Waals surface area contributed by atoms with Crippen molar-refractivity contribution in [1.29, 1.82) is 0 Å². The van der Waals surface area contributed by atoms with E-state index in [0.717, 1.165) is 5.56 Å². The molecule has 0 unspecified atom stereocenters. The van der Waals surface area contributed by atoms with E-state index in [1.54, 1.807) is 0 Å². The molecule has 2 aromatic rings. The average Bonchev–Trinajstić information content (AvgIpc) is 2.45. The van der Waals surface area contributed by atoms with E-state index >= 15 is 0 Å². The summed E-state index contributed by atoms with van der Waals surface area (Å²) in [6, 6.07) is 13.2. The van der Waals surface area contributed by atoms with Gasteiger partial charge in [-0.25, -0.2) is 0 Å². The van der Waals surface area contributed by atoms with E-state index in [1.807, 2.05) is 30.3 Å². The van der Waals surface area contributed by atoms with Crippen molar-refractivity contribution in [2.75, 3.05) is 0 Å². The Morgan fingerprint density at radius 3 is 2.55 bits per heavy atom. The van der Waals surface area contributed by atoms with E-state index in [1.165, 1.54) is 18.2 Å². The Bertz CT molecular complexity index is 644. The van der Waals surface area contributed by atoms with Crippen molar-refractivity contribution in [2.24, 2.45) is 0 Å². The van der Waals surface area contributed by atoms with Gasteiger partial charge in [-0.2, -0.15) is 0 Å². The highest BCUT2D eigenvalue weighted by atomic mass is 35.5. The third-order valence-electron chi connectivity index (χ3n) is 2.65. The van der Waals surface area contributed by atoms with Crippen LogP contribution in [0.25, 0.3) is 0 Å². The van der Waals surface area contributed by atoms with E-state index in [9.17, 15) is 14.9 Å². The second-order valence-electron chi connectivity index (χ2n) is 4.12. The minimum atomic E-state index is -0.583. The number of nitro benzene ring substituents is 1. The third kappa shape index (κ3) is 3.55. The number of amides is 1. The Balaban J connectivity index is 2.11. The quantitative estimate of drug-likeness (QED) is 0.694. The predicted molar refractivity (Wildman–Crippen MR) is 75.7 cm³/mol. The molecule has 2 aromatic carbocycles. The summed E-state index contributed by atoms with van der Waals surface area (Å²) in [4.78, 5) is 22.1. The molecule has 0 aromatic heterocycles. The lowest BCUT2D eigenvalue weighted by Gasteiger charge is -2.05. The van der Waals surface area contributed by atoms with Crippen molar-refractivity contribution in [3.8, 4) is 0 Å². The smallest absolute Gasteiger partial charge is 0.271 e. The lowest BCUT2D eigenvalue weighted by atomic mass is 10.1. The molecule has 0 spiro atoms. The van der Waals surface area contributed by atoms with Gasteiger partial charge in [0.1, 0.15) is 0 Å². The third-order valence-corrected chi connectivity index (χ3v) is 2.87. The molecular formula is C14H11ClN2O3. The van der Waals surface area contributed by atoms with Gasteiger partial charge in [0.15, 0.2) is 0 Å². The fourth-order valence-electron chi connectivity index (χ4n) is 1.69. The van der Waals surface area contributed by atoms with Crippen molar-refractivity contribution in [3.63, 3.8) is 0 Å². The maximum atomic E-state index is 12.0. The summed E-state index contributed by atoms with van der Waals surface area (Å²) < 4.78 is 0. The summed E-state index contributed by atoms with van der Waals surface area (Å²) in [7, 11) is 0. The Morgan fingerprint density at radius 2 is 1.90 bits per heavy atom. The zero-order valence-electron chi connectivity index (χ0n) is 10.4. The van der Waals surface area contributed by atoms with Crippen LogP contribution >= 0.6 is 11.6 Å². The first-order chi connectivity index (χ1) is 9.56. The summed E-state index contributed by atoms with van der Waals surface area (Å²) in [6.07, 6.45) is 0. The molecule has 5 nitrogen and oxygen atoms in total. The molecular weight excluding hydrogens is 280 g/mol. The SMILES string of the molecule is O=C(NCc1ccccc1)c1cc(Cl)cc([N+](=O)[O-])c1. The summed E-state index contributed by atoms with van der Waals surface area (Å²) in [5.41, 5.74) is 0.903. The fraction of sp³-hybridized carbons (Fsp3) is 0.0714. The maximum Gasteiger partial charge on any atom is 0.271 e. The van der Waals surface area contributed by atoms with Crippen molar-refractivity contribution in [1.82, 2.24) is 5.32 Å². The van der Waals surface area contributed by atoms with Gasteiger partial charge in [-0.1, -0.05) is 41.9 Å². The van der Waals surface area contributed by atoms with Gasteiger partial charge in [-0.15, -0.1) is 0 Å².